The van der Waals surface area contributed by atoms with Crippen molar-refractivity contribution in [1.82, 2.24) is 19.9 Å². The summed E-state index contributed by atoms with van der Waals surface area (Å²) in [5, 5.41) is 9.12. The summed E-state index contributed by atoms with van der Waals surface area (Å²) in [6.45, 7) is 1.56. The lowest BCUT2D eigenvalue weighted by Gasteiger charge is -2.32. The van der Waals surface area contributed by atoms with Gasteiger partial charge in [0.15, 0.2) is 0 Å². The number of thiophene rings is 1. The van der Waals surface area contributed by atoms with Crippen LogP contribution in [0.25, 0.3) is 16.3 Å². The number of carboxylic acid groups (broad SMARTS) is 1. The van der Waals surface area contributed by atoms with Gasteiger partial charge >= 0.3 is 5.97 Å². The fourth-order valence-electron chi connectivity index (χ4n) is 3.69. The van der Waals surface area contributed by atoms with E-state index in [-0.39, 0.29) is 16.9 Å². The van der Waals surface area contributed by atoms with Crippen LogP contribution in [0.2, 0.25) is 0 Å². The molecule has 1 aliphatic heterocycles. The van der Waals surface area contributed by atoms with Gasteiger partial charge in [0.05, 0.1) is 34.5 Å². The van der Waals surface area contributed by atoms with E-state index < -0.39 is 16.0 Å². The van der Waals surface area contributed by atoms with Gasteiger partial charge in [-0.15, -0.1) is 11.3 Å². The Morgan fingerprint density at radius 3 is 2.68 bits per heavy atom. The summed E-state index contributed by atoms with van der Waals surface area (Å²) in [5.41, 5.74) is 7.56. The molecule has 1 aromatic carbocycles. The third-order valence-electron chi connectivity index (χ3n) is 5.51. The van der Waals surface area contributed by atoms with Gasteiger partial charge in [0.1, 0.15) is 11.1 Å². The highest BCUT2D eigenvalue weighted by Gasteiger charge is 2.25. The minimum atomic E-state index is -3.86. The van der Waals surface area contributed by atoms with E-state index in [1.807, 2.05) is 4.90 Å². The zero-order valence-electron chi connectivity index (χ0n) is 19.2. The molecule has 4 heterocycles. The number of aliphatic carboxylic acids is 1. The SMILES string of the molecule is Nc1ncc(C2CN(c3ncc4sc(NS(=O)(=O)c5ccc(C=CC(=O)O)cc5)cc4n3)CCO2)cn1. The molecular formula is C23H21N7O5S2. The predicted octanol–water partition coefficient (Wildman–Crippen LogP) is 2.54. The van der Waals surface area contributed by atoms with Crippen LogP contribution in [-0.4, -0.2) is 59.1 Å². The first kappa shape index (κ1) is 24.5. The van der Waals surface area contributed by atoms with Crippen LogP contribution in [0, 0.1) is 0 Å². The third kappa shape index (κ3) is 5.66. The number of nitrogens with zero attached hydrogens (tertiary/aromatic N) is 5. The standard InChI is InChI=1S/C23H21N7O5S2/c24-22-25-10-15(11-26-22)18-13-30(7-8-35-18)23-27-12-19-17(28-23)9-20(36-19)29-37(33,34)16-4-1-14(2-5-16)3-6-21(31)32/h1-6,9-12,18,29H,7-8,13H2,(H,31,32)(H2,24,25,26). The zero-order valence-corrected chi connectivity index (χ0v) is 20.8. The van der Waals surface area contributed by atoms with Crippen LogP contribution in [0.4, 0.5) is 16.9 Å². The van der Waals surface area contributed by atoms with E-state index in [0.717, 1.165) is 16.3 Å². The lowest BCUT2D eigenvalue weighted by Crippen LogP contribution is -2.39. The van der Waals surface area contributed by atoms with Crippen molar-refractivity contribution in [2.75, 3.05) is 35.1 Å². The van der Waals surface area contributed by atoms with Crippen LogP contribution in [0.3, 0.4) is 0 Å². The number of sulfonamides is 1. The van der Waals surface area contributed by atoms with Gasteiger partial charge in [-0.3, -0.25) is 4.72 Å². The Labute approximate surface area is 215 Å². The van der Waals surface area contributed by atoms with E-state index in [1.54, 1.807) is 24.7 Å². The molecule has 1 fully saturated rings. The summed E-state index contributed by atoms with van der Waals surface area (Å²) >= 11 is 1.22. The van der Waals surface area contributed by atoms with Gasteiger partial charge in [-0.2, -0.15) is 0 Å². The molecule has 3 aromatic heterocycles. The van der Waals surface area contributed by atoms with Crippen LogP contribution in [-0.2, 0) is 19.6 Å². The molecule has 0 radical (unpaired) electrons. The molecule has 190 valence electrons. The Kier molecular flexibility index (Phi) is 6.69. The van der Waals surface area contributed by atoms with E-state index in [9.17, 15) is 13.2 Å². The van der Waals surface area contributed by atoms with Gasteiger partial charge in [0, 0.05) is 30.6 Å². The number of morpholine rings is 1. The molecule has 1 unspecified atom stereocenters. The maximum atomic E-state index is 12.9. The molecule has 14 heteroatoms. The molecule has 37 heavy (non-hydrogen) atoms. The molecule has 12 nitrogen and oxygen atoms in total. The van der Waals surface area contributed by atoms with Crippen molar-refractivity contribution in [3.05, 3.63) is 66.1 Å². The summed E-state index contributed by atoms with van der Waals surface area (Å²) < 4.78 is 34.9. The molecule has 0 aliphatic carbocycles. The van der Waals surface area contributed by atoms with E-state index >= 15 is 0 Å². The number of hydrogen-bond donors (Lipinski definition) is 3. The predicted molar refractivity (Wildman–Crippen MR) is 139 cm³/mol. The summed E-state index contributed by atoms with van der Waals surface area (Å²) in [6.07, 6.45) is 7.05. The van der Waals surface area contributed by atoms with Gasteiger partial charge in [-0.1, -0.05) is 12.1 Å². The average molecular weight is 540 g/mol. The summed E-state index contributed by atoms with van der Waals surface area (Å²) in [7, 11) is -3.86. The second-order valence-electron chi connectivity index (χ2n) is 8.06. The lowest BCUT2D eigenvalue weighted by atomic mass is 10.1. The average Bonchev–Trinajstić information content (AvgIpc) is 3.29. The van der Waals surface area contributed by atoms with Crippen LogP contribution in [0.15, 0.2) is 59.9 Å². The van der Waals surface area contributed by atoms with Crippen molar-refractivity contribution >= 4 is 60.5 Å². The fourth-order valence-corrected chi connectivity index (χ4v) is 5.85. The van der Waals surface area contributed by atoms with E-state index in [4.69, 9.17) is 15.6 Å². The second kappa shape index (κ2) is 10.1. The first-order valence-electron chi connectivity index (χ1n) is 11.0. The first-order valence-corrected chi connectivity index (χ1v) is 13.3. The molecule has 4 N–H and O–H groups in total. The van der Waals surface area contributed by atoms with Crippen molar-refractivity contribution < 1.29 is 23.1 Å². The number of benzene rings is 1. The highest BCUT2D eigenvalue weighted by atomic mass is 32.2. The number of rotatable bonds is 7. The fraction of sp³-hybridized carbons (Fsp3) is 0.174. The molecule has 1 saturated heterocycles. The molecule has 4 aromatic rings. The number of hydrogen-bond acceptors (Lipinski definition) is 11. The van der Waals surface area contributed by atoms with Crippen molar-refractivity contribution in [3.8, 4) is 0 Å². The van der Waals surface area contributed by atoms with Crippen LogP contribution >= 0.6 is 11.3 Å². The Hall–Kier alpha value is -4.14. The van der Waals surface area contributed by atoms with Gasteiger partial charge in [0.2, 0.25) is 11.9 Å². The number of nitrogens with one attached hydrogen (secondary N) is 1. The maximum Gasteiger partial charge on any atom is 0.328 e. The summed E-state index contributed by atoms with van der Waals surface area (Å²) in [6, 6.07) is 7.55. The van der Waals surface area contributed by atoms with Crippen molar-refractivity contribution in [2.24, 2.45) is 0 Å². The number of carbonyl (C=O) groups is 1. The smallest absolute Gasteiger partial charge is 0.328 e. The third-order valence-corrected chi connectivity index (χ3v) is 8.00. The molecule has 1 aliphatic rings. The highest BCUT2D eigenvalue weighted by Crippen LogP contribution is 2.32. The van der Waals surface area contributed by atoms with Gasteiger partial charge in [-0.05, 0) is 29.8 Å². The number of carboxylic acids is 1. The van der Waals surface area contributed by atoms with E-state index in [1.165, 1.54) is 41.7 Å². The van der Waals surface area contributed by atoms with Crippen LogP contribution in [0.1, 0.15) is 17.2 Å². The van der Waals surface area contributed by atoms with Crippen LogP contribution in [0.5, 0.6) is 0 Å². The summed E-state index contributed by atoms with van der Waals surface area (Å²) in [4.78, 5) is 29.9. The Bertz CT molecular complexity index is 1570. The molecule has 1 atom stereocenters. The number of ether oxygens (including phenoxy) is 1. The number of anilines is 3. The molecule has 0 bridgehead atoms. The lowest BCUT2D eigenvalue weighted by molar-refractivity contribution is -0.131. The molecular weight excluding hydrogens is 518 g/mol. The quantitative estimate of drug-likeness (QED) is 0.294. The largest absolute Gasteiger partial charge is 0.478 e. The molecule has 0 amide bonds. The first-order chi connectivity index (χ1) is 17.8. The number of nitrogen functional groups attached to an aromatic ring is 1. The molecule has 0 spiro atoms. The topological polar surface area (TPSA) is 174 Å². The van der Waals surface area contributed by atoms with Crippen LogP contribution < -0.4 is 15.4 Å². The minimum absolute atomic E-state index is 0.0511. The Balaban J connectivity index is 1.31. The van der Waals surface area contributed by atoms with E-state index in [0.29, 0.717) is 41.7 Å². The van der Waals surface area contributed by atoms with Crippen molar-refractivity contribution in [2.45, 2.75) is 11.0 Å². The minimum Gasteiger partial charge on any atom is -0.478 e. The number of fused-ring (bicyclic) bond motifs is 1. The van der Waals surface area contributed by atoms with Gasteiger partial charge in [0.25, 0.3) is 10.0 Å². The van der Waals surface area contributed by atoms with Gasteiger partial charge in [-0.25, -0.2) is 33.1 Å². The Morgan fingerprint density at radius 2 is 1.95 bits per heavy atom. The Morgan fingerprint density at radius 1 is 1.19 bits per heavy atom. The van der Waals surface area contributed by atoms with Gasteiger partial charge < -0.3 is 20.5 Å². The second-order valence-corrected chi connectivity index (χ2v) is 10.8. The number of aromatic nitrogens is 4. The normalized spacial score (nSPS) is 16.3. The highest BCUT2D eigenvalue weighted by molar-refractivity contribution is 7.93. The summed E-state index contributed by atoms with van der Waals surface area (Å²) in [5.74, 6) is -0.382. The monoisotopic (exact) mass is 539 g/mol. The van der Waals surface area contributed by atoms with Crippen molar-refractivity contribution in [1.29, 1.82) is 0 Å². The molecule has 5 rings (SSSR count). The maximum absolute atomic E-state index is 12.9. The molecule has 0 saturated carbocycles. The number of nitrogens with two attached hydrogens (primary N) is 1. The zero-order chi connectivity index (χ0) is 26.0. The van der Waals surface area contributed by atoms with E-state index in [2.05, 4.69) is 24.7 Å². The van der Waals surface area contributed by atoms with Crippen molar-refractivity contribution in [3.63, 3.8) is 0 Å².